The second kappa shape index (κ2) is 8.60. The van der Waals surface area contributed by atoms with E-state index in [2.05, 4.69) is 41.2 Å². The minimum absolute atomic E-state index is 0.110. The number of aromatic nitrogens is 2. The molecule has 164 valence electrons. The highest BCUT2D eigenvalue weighted by Crippen LogP contribution is 2.31. The Morgan fingerprint density at radius 1 is 1.03 bits per heavy atom. The van der Waals surface area contributed by atoms with Gasteiger partial charge in [0.2, 0.25) is 0 Å². The Hall–Kier alpha value is -2.83. The summed E-state index contributed by atoms with van der Waals surface area (Å²) in [6, 6.07) is 18.4. The van der Waals surface area contributed by atoms with Gasteiger partial charge in [-0.15, -0.1) is 11.3 Å². The summed E-state index contributed by atoms with van der Waals surface area (Å²) < 4.78 is 1.96. The Morgan fingerprint density at radius 3 is 2.56 bits per heavy atom. The summed E-state index contributed by atoms with van der Waals surface area (Å²) in [5, 5.41) is 6.46. The highest BCUT2D eigenvalue weighted by molar-refractivity contribution is 7.20. The third kappa shape index (κ3) is 4.00. The molecule has 32 heavy (non-hydrogen) atoms. The van der Waals surface area contributed by atoms with Gasteiger partial charge >= 0.3 is 0 Å². The molecule has 1 aliphatic heterocycles. The van der Waals surface area contributed by atoms with Crippen molar-refractivity contribution in [3.8, 4) is 0 Å². The zero-order valence-electron chi connectivity index (χ0n) is 18.2. The number of carbonyl (C=O) groups is 1. The van der Waals surface area contributed by atoms with Gasteiger partial charge in [0.25, 0.3) is 5.91 Å². The van der Waals surface area contributed by atoms with Crippen molar-refractivity contribution in [1.82, 2.24) is 14.7 Å². The molecule has 5 nitrogen and oxygen atoms in total. The molecule has 0 spiro atoms. The number of hydrogen-bond acceptors (Lipinski definition) is 4. The fourth-order valence-electron chi connectivity index (χ4n) is 4.26. The van der Waals surface area contributed by atoms with Gasteiger partial charge in [-0.3, -0.25) is 9.48 Å². The first kappa shape index (κ1) is 21.0. The van der Waals surface area contributed by atoms with Crippen LogP contribution in [0.1, 0.15) is 26.5 Å². The van der Waals surface area contributed by atoms with E-state index in [1.165, 1.54) is 22.6 Å². The van der Waals surface area contributed by atoms with E-state index in [-0.39, 0.29) is 5.91 Å². The molecule has 0 unspecified atom stereocenters. The minimum atomic E-state index is 0.110. The molecule has 0 bridgehead atoms. The molecule has 7 heteroatoms. The fraction of sp³-hybridized carbons (Fsp3) is 0.280. The number of aryl methyl sites for hydroxylation is 2. The van der Waals surface area contributed by atoms with Crippen LogP contribution in [-0.2, 0) is 6.54 Å². The van der Waals surface area contributed by atoms with E-state index in [4.69, 9.17) is 11.6 Å². The maximum absolute atomic E-state index is 13.3. The van der Waals surface area contributed by atoms with Crippen LogP contribution in [0.5, 0.6) is 0 Å². The SMILES string of the molecule is Cc1cccc(N2CCN(C(=O)c3cc4c(C)nn(Cc5ccccc5Cl)c4s3)CC2)c1. The number of benzene rings is 2. The quantitative estimate of drug-likeness (QED) is 0.407. The molecule has 3 heterocycles. The highest BCUT2D eigenvalue weighted by Gasteiger charge is 2.25. The van der Waals surface area contributed by atoms with E-state index in [0.29, 0.717) is 6.54 Å². The summed E-state index contributed by atoms with van der Waals surface area (Å²) in [7, 11) is 0. The number of amides is 1. The summed E-state index contributed by atoms with van der Waals surface area (Å²) in [4.78, 5) is 19.4. The first-order chi connectivity index (χ1) is 15.5. The largest absolute Gasteiger partial charge is 0.368 e. The molecule has 0 radical (unpaired) electrons. The smallest absolute Gasteiger partial charge is 0.264 e. The third-order valence-electron chi connectivity index (χ3n) is 6.03. The number of anilines is 1. The van der Waals surface area contributed by atoms with Crippen molar-refractivity contribution >= 4 is 44.7 Å². The fourth-order valence-corrected chi connectivity index (χ4v) is 5.59. The van der Waals surface area contributed by atoms with Gasteiger partial charge in [-0.2, -0.15) is 5.10 Å². The van der Waals surface area contributed by atoms with Crippen molar-refractivity contribution in [2.75, 3.05) is 31.1 Å². The van der Waals surface area contributed by atoms with Gasteiger partial charge in [0, 0.05) is 42.3 Å². The summed E-state index contributed by atoms with van der Waals surface area (Å²) in [6.07, 6.45) is 0. The number of nitrogens with zero attached hydrogens (tertiary/aromatic N) is 4. The van der Waals surface area contributed by atoms with Crippen LogP contribution in [0.3, 0.4) is 0 Å². The lowest BCUT2D eigenvalue weighted by Gasteiger charge is -2.36. The Balaban J connectivity index is 1.33. The maximum Gasteiger partial charge on any atom is 0.264 e. The molecule has 2 aromatic heterocycles. The van der Waals surface area contributed by atoms with Crippen LogP contribution >= 0.6 is 22.9 Å². The topological polar surface area (TPSA) is 41.4 Å². The van der Waals surface area contributed by atoms with Gasteiger partial charge in [-0.1, -0.05) is 41.9 Å². The Bertz CT molecular complexity index is 1290. The number of piperazine rings is 1. The first-order valence-electron chi connectivity index (χ1n) is 10.8. The molecular formula is C25H25ClN4OS. The summed E-state index contributed by atoms with van der Waals surface area (Å²) >= 11 is 7.87. The Kier molecular flexibility index (Phi) is 5.66. The minimum Gasteiger partial charge on any atom is -0.368 e. The van der Waals surface area contributed by atoms with E-state index in [0.717, 1.165) is 57.6 Å². The molecule has 1 amide bonds. The molecule has 0 aliphatic carbocycles. The summed E-state index contributed by atoms with van der Waals surface area (Å²) in [5.41, 5.74) is 4.44. The molecule has 0 atom stereocenters. The average Bonchev–Trinajstić information content (AvgIpc) is 3.36. The zero-order valence-corrected chi connectivity index (χ0v) is 19.8. The molecule has 4 aromatic rings. The Labute approximate surface area is 196 Å². The van der Waals surface area contributed by atoms with Crippen LogP contribution in [0, 0.1) is 13.8 Å². The van der Waals surface area contributed by atoms with Crippen molar-refractivity contribution in [2.45, 2.75) is 20.4 Å². The van der Waals surface area contributed by atoms with Gasteiger partial charge in [0.15, 0.2) is 0 Å². The number of fused-ring (bicyclic) bond motifs is 1. The second-order valence-corrected chi connectivity index (χ2v) is 9.72. The number of thiophene rings is 1. The van der Waals surface area contributed by atoms with Gasteiger partial charge in [0.05, 0.1) is 17.1 Å². The highest BCUT2D eigenvalue weighted by atomic mass is 35.5. The van der Waals surface area contributed by atoms with Crippen molar-refractivity contribution in [1.29, 1.82) is 0 Å². The average molecular weight is 465 g/mol. The monoisotopic (exact) mass is 464 g/mol. The van der Waals surface area contributed by atoms with Crippen molar-refractivity contribution in [3.63, 3.8) is 0 Å². The summed E-state index contributed by atoms with van der Waals surface area (Å²) in [5.74, 6) is 0.110. The standard InChI is InChI=1S/C25H25ClN4OS/c1-17-6-5-8-20(14-17)28-10-12-29(13-11-28)24(31)23-15-21-18(2)27-30(25(21)32-23)16-19-7-3-4-9-22(19)26/h3-9,14-15H,10-13,16H2,1-2H3. The van der Waals surface area contributed by atoms with Crippen LogP contribution < -0.4 is 4.90 Å². The summed E-state index contributed by atoms with van der Waals surface area (Å²) in [6.45, 7) is 7.84. The van der Waals surface area contributed by atoms with Crippen LogP contribution in [0.25, 0.3) is 10.2 Å². The van der Waals surface area contributed by atoms with Crippen LogP contribution in [-0.4, -0.2) is 46.8 Å². The number of carbonyl (C=O) groups excluding carboxylic acids is 1. The lowest BCUT2D eigenvalue weighted by molar-refractivity contribution is 0.0751. The first-order valence-corrected chi connectivity index (χ1v) is 12.0. The third-order valence-corrected chi connectivity index (χ3v) is 7.53. The molecule has 1 aliphatic rings. The second-order valence-electron chi connectivity index (χ2n) is 8.28. The van der Waals surface area contributed by atoms with Crippen LogP contribution in [0.2, 0.25) is 5.02 Å². The molecular weight excluding hydrogens is 440 g/mol. The van der Waals surface area contributed by atoms with Gasteiger partial charge < -0.3 is 9.80 Å². The van der Waals surface area contributed by atoms with E-state index >= 15 is 0 Å². The van der Waals surface area contributed by atoms with E-state index < -0.39 is 0 Å². The number of halogens is 1. The molecule has 5 rings (SSSR count). The van der Waals surface area contributed by atoms with Gasteiger partial charge in [0.1, 0.15) is 4.83 Å². The van der Waals surface area contributed by atoms with Crippen molar-refractivity contribution in [3.05, 3.63) is 81.3 Å². The number of hydrogen-bond donors (Lipinski definition) is 0. The van der Waals surface area contributed by atoms with E-state index in [1.807, 2.05) is 46.8 Å². The van der Waals surface area contributed by atoms with E-state index in [9.17, 15) is 4.79 Å². The van der Waals surface area contributed by atoms with Crippen LogP contribution in [0.15, 0.2) is 54.6 Å². The Morgan fingerprint density at radius 2 is 1.81 bits per heavy atom. The van der Waals surface area contributed by atoms with Gasteiger partial charge in [-0.05, 0) is 49.2 Å². The maximum atomic E-state index is 13.3. The zero-order chi connectivity index (χ0) is 22.2. The molecule has 1 saturated heterocycles. The predicted octanol–water partition coefficient (Wildman–Crippen LogP) is 5.38. The van der Waals surface area contributed by atoms with Crippen molar-refractivity contribution in [2.24, 2.45) is 0 Å². The number of rotatable bonds is 4. The van der Waals surface area contributed by atoms with Gasteiger partial charge in [-0.25, -0.2) is 0 Å². The lowest BCUT2D eigenvalue weighted by Crippen LogP contribution is -2.48. The lowest BCUT2D eigenvalue weighted by atomic mass is 10.2. The predicted molar refractivity (Wildman–Crippen MR) is 132 cm³/mol. The van der Waals surface area contributed by atoms with Crippen LogP contribution in [0.4, 0.5) is 5.69 Å². The molecule has 1 fully saturated rings. The molecule has 2 aromatic carbocycles. The normalized spacial score (nSPS) is 14.3. The van der Waals surface area contributed by atoms with E-state index in [1.54, 1.807) is 0 Å². The molecule has 0 saturated carbocycles. The van der Waals surface area contributed by atoms with Crippen molar-refractivity contribution < 1.29 is 4.79 Å². The molecule has 0 N–H and O–H groups in total.